The lowest BCUT2D eigenvalue weighted by molar-refractivity contribution is -0.125. The second-order valence-corrected chi connectivity index (χ2v) is 36.0. The van der Waals surface area contributed by atoms with Gasteiger partial charge in [0.05, 0.1) is 103 Å². The van der Waals surface area contributed by atoms with Crippen LogP contribution in [0, 0.1) is 11.8 Å². The second kappa shape index (κ2) is 62.5. The van der Waals surface area contributed by atoms with E-state index in [1.54, 1.807) is 0 Å². The van der Waals surface area contributed by atoms with E-state index in [2.05, 4.69) is 69.1 Å². The number of carbonyl (C=O) groups excluding carboxylic acids is 12. The maximum Gasteiger partial charge on any atom is 0.315 e. The van der Waals surface area contributed by atoms with Gasteiger partial charge in [-0.15, -0.1) is 0 Å². The largest absolute Gasteiger partial charge is 0.379 e. The number of fused-ring (bicyclic) bond motifs is 3. The SMILES string of the molecule is CCC(CC(=O)CCCCC1SCC2CC(=O)NC21)CC(=O)NCCCOCCOCCOCCCNC(=O)c1cc(C(=O)NCCCOCCOCCOCCCNC(=O)CC(CC)NC(=O)CCCCC2SCC3NC(=O)NC32)cc(C(=O)NCCCOCCOCCOCCCNC(=O)CC(CC)NC(=O)CCCCC2SCC3NC(=O)NC32)c1. The molecule has 696 valence electrons. The van der Waals surface area contributed by atoms with E-state index >= 15 is 0 Å². The quantitative estimate of drug-likeness (QED) is 0.0291. The third-order valence-electron chi connectivity index (χ3n) is 22.3. The van der Waals surface area contributed by atoms with Gasteiger partial charge in [-0.05, 0) is 126 Å². The number of hydrogen-bond donors (Lipinski definition) is 13. The molecule has 0 aliphatic carbocycles. The van der Waals surface area contributed by atoms with Crippen molar-refractivity contribution in [2.75, 3.05) is 175 Å². The lowest BCUT2D eigenvalue weighted by atomic mass is 9.93. The summed E-state index contributed by atoms with van der Waals surface area (Å²) >= 11 is 5.67. The van der Waals surface area contributed by atoms with Crippen LogP contribution in [0.25, 0.3) is 0 Å². The van der Waals surface area contributed by atoms with Gasteiger partial charge in [0, 0.05) is 192 Å². The lowest BCUT2D eigenvalue weighted by Gasteiger charge is -2.18. The Labute approximate surface area is 739 Å². The van der Waals surface area contributed by atoms with Crippen LogP contribution >= 0.6 is 35.3 Å². The number of carbonyl (C=O) groups is 12. The molecule has 6 saturated heterocycles. The highest BCUT2D eigenvalue weighted by Crippen LogP contribution is 2.40. The Hall–Kier alpha value is -6.65. The van der Waals surface area contributed by atoms with Crippen LogP contribution in [0.5, 0.6) is 0 Å². The molecule has 0 radical (unpaired) electrons. The highest BCUT2D eigenvalue weighted by Gasteiger charge is 2.45. The Morgan fingerprint density at radius 3 is 1.03 bits per heavy atom. The Kier molecular flexibility index (Phi) is 52.5. The summed E-state index contributed by atoms with van der Waals surface area (Å²) in [5, 5.41) is 39.6. The average Bonchev–Trinajstić information content (AvgIpc) is 1.67. The highest BCUT2D eigenvalue weighted by molar-refractivity contribution is 8.00. The molecular formula is C86H143N13O21S3. The number of ketones is 1. The number of rotatable bonds is 73. The fraction of sp³-hybridized carbons (Fsp3) is 0.791. The molecule has 7 rings (SSSR count). The first-order chi connectivity index (χ1) is 59.9. The summed E-state index contributed by atoms with van der Waals surface area (Å²) in [4.78, 5) is 152. The molecule has 0 bridgehead atoms. The van der Waals surface area contributed by atoms with Crippen molar-refractivity contribution in [1.82, 2.24) is 69.1 Å². The molecule has 0 saturated carbocycles. The van der Waals surface area contributed by atoms with Crippen molar-refractivity contribution >= 4 is 106 Å². The van der Waals surface area contributed by atoms with E-state index in [9.17, 15) is 57.5 Å². The van der Waals surface area contributed by atoms with Crippen molar-refractivity contribution in [2.45, 2.75) is 246 Å². The second-order valence-electron chi connectivity index (χ2n) is 32.1. The zero-order valence-electron chi connectivity index (χ0n) is 72.9. The molecule has 6 heterocycles. The van der Waals surface area contributed by atoms with Gasteiger partial charge in [0.1, 0.15) is 5.78 Å². The normalized spacial score (nSPS) is 20.5. The lowest BCUT2D eigenvalue weighted by Crippen LogP contribution is -2.39. The van der Waals surface area contributed by atoms with Gasteiger partial charge in [0.15, 0.2) is 0 Å². The van der Waals surface area contributed by atoms with Crippen LogP contribution in [0.1, 0.15) is 219 Å². The fourth-order valence-electron chi connectivity index (χ4n) is 15.3. The number of unbranched alkanes of at least 4 members (excludes halogenated alkanes) is 3. The number of ether oxygens (including phenoxy) is 9. The molecule has 12 atom stereocenters. The molecule has 0 aromatic heterocycles. The molecule has 6 fully saturated rings. The Balaban J connectivity index is 0.688. The van der Waals surface area contributed by atoms with Crippen LogP contribution < -0.4 is 69.1 Å². The Bertz CT molecular complexity index is 3000. The summed E-state index contributed by atoms with van der Waals surface area (Å²) in [5.74, 6) is 1.80. The van der Waals surface area contributed by atoms with Crippen molar-refractivity contribution in [1.29, 1.82) is 0 Å². The molecule has 13 N–H and O–H groups in total. The summed E-state index contributed by atoms with van der Waals surface area (Å²) in [7, 11) is 0. The monoisotopic (exact) mass is 1790 g/mol. The van der Waals surface area contributed by atoms with Gasteiger partial charge in [-0.25, -0.2) is 9.59 Å². The van der Waals surface area contributed by atoms with Gasteiger partial charge < -0.3 is 112 Å². The zero-order valence-corrected chi connectivity index (χ0v) is 75.4. The Morgan fingerprint density at radius 2 is 0.675 bits per heavy atom. The molecule has 12 unspecified atom stereocenters. The van der Waals surface area contributed by atoms with Gasteiger partial charge in [-0.2, -0.15) is 35.3 Å². The highest BCUT2D eigenvalue weighted by atomic mass is 32.2. The summed E-state index contributed by atoms with van der Waals surface area (Å²) < 4.78 is 51.1. The third kappa shape index (κ3) is 43.1. The van der Waals surface area contributed by atoms with Crippen LogP contribution in [0.15, 0.2) is 18.2 Å². The summed E-state index contributed by atoms with van der Waals surface area (Å²) in [5.41, 5.74) is 0.377. The maximum absolute atomic E-state index is 13.6. The predicted octanol–water partition coefficient (Wildman–Crippen LogP) is 5.29. The fourth-order valence-corrected chi connectivity index (χ4v) is 20.0. The van der Waals surface area contributed by atoms with Crippen LogP contribution in [0.2, 0.25) is 0 Å². The van der Waals surface area contributed by atoms with Gasteiger partial charge >= 0.3 is 12.1 Å². The van der Waals surface area contributed by atoms with Gasteiger partial charge in [0.2, 0.25) is 35.4 Å². The molecular weight excluding hydrogens is 1650 g/mol. The van der Waals surface area contributed by atoms with Crippen LogP contribution in [0.4, 0.5) is 9.59 Å². The van der Waals surface area contributed by atoms with E-state index in [4.69, 9.17) is 42.6 Å². The van der Waals surface area contributed by atoms with E-state index < -0.39 is 17.7 Å². The van der Waals surface area contributed by atoms with Gasteiger partial charge in [-0.3, -0.25) is 47.9 Å². The smallest absolute Gasteiger partial charge is 0.315 e. The molecule has 37 heteroatoms. The van der Waals surface area contributed by atoms with E-state index in [1.165, 1.54) is 18.2 Å². The number of Topliss-reactive ketones (excluding diaryl/α,β-unsaturated/α-hetero) is 1. The third-order valence-corrected chi connectivity index (χ3v) is 26.9. The van der Waals surface area contributed by atoms with Gasteiger partial charge in [0.25, 0.3) is 17.7 Å². The number of urea groups is 2. The summed E-state index contributed by atoms with van der Waals surface area (Å²) in [6.45, 7) is 14.5. The molecule has 13 amide bonds. The van der Waals surface area contributed by atoms with E-state index in [0.29, 0.717) is 250 Å². The van der Waals surface area contributed by atoms with E-state index in [0.717, 1.165) is 81.5 Å². The first-order valence-corrected chi connectivity index (χ1v) is 48.4. The van der Waals surface area contributed by atoms with Gasteiger partial charge in [-0.1, -0.05) is 46.5 Å². The zero-order chi connectivity index (χ0) is 87.9. The first kappa shape index (κ1) is 103. The topological polar surface area (TPSA) is 444 Å². The van der Waals surface area contributed by atoms with E-state index in [1.807, 2.05) is 56.1 Å². The molecule has 0 spiro atoms. The minimum absolute atomic E-state index is 0.0126. The van der Waals surface area contributed by atoms with Crippen LogP contribution in [-0.4, -0.2) is 305 Å². The van der Waals surface area contributed by atoms with Crippen molar-refractivity contribution in [3.8, 4) is 0 Å². The molecule has 1 aromatic carbocycles. The molecule has 6 aliphatic heterocycles. The number of thioether (sulfide) groups is 3. The van der Waals surface area contributed by atoms with Crippen molar-refractivity contribution in [2.24, 2.45) is 11.8 Å². The summed E-state index contributed by atoms with van der Waals surface area (Å²) in [6, 6.07) is 4.61. The summed E-state index contributed by atoms with van der Waals surface area (Å²) in [6.07, 6.45) is 16.4. The number of hydrogen-bond acceptors (Lipinski definition) is 24. The maximum atomic E-state index is 13.6. The minimum Gasteiger partial charge on any atom is -0.379 e. The van der Waals surface area contributed by atoms with Crippen molar-refractivity contribution in [3.63, 3.8) is 0 Å². The molecule has 34 nitrogen and oxygen atoms in total. The Morgan fingerprint density at radius 1 is 0.350 bits per heavy atom. The van der Waals surface area contributed by atoms with Crippen molar-refractivity contribution in [3.05, 3.63) is 34.9 Å². The van der Waals surface area contributed by atoms with Crippen LogP contribution in [-0.2, 0) is 76.2 Å². The average molecular weight is 1790 g/mol. The number of benzene rings is 1. The number of amides is 13. The minimum atomic E-state index is -0.476. The van der Waals surface area contributed by atoms with E-state index in [-0.39, 0.29) is 151 Å². The predicted molar refractivity (Wildman–Crippen MR) is 472 cm³/mol. The molecule has 1 aromatic rings. The first-order valence-electron chi connectivity index (χ1n) is 45.3. The standard InChI is InChI=1S/C86H143N13O21S3/c1-4-60(49-67(100)19-7-8-20-70-79-64(57-121-70)54-78(106)97-79)50-75(103)87-25-13-31-112-37-43-118-46-40-115-34-16-28-90-82(107)61-51-62(83(108)91-29-17-35-116-41-47-119-44-38-113-32-14-26-88-76(104)55-65(5-2)93-73(101)23-11-9-21-71-80-68(58-122-71)95-85(110)98-80)53-63(52-61)84(109)92-30-18-36-117-42-48-120-45-39-114-33-15-27-89-77(105)56-66(6-3)94-74(102)24-12-10-22-72-81-69(59-123-72)96-86(111)99-81/h51-53,60,64-66,68-72,79-81H,4-50,54-59H2,1-3H3,(H,87,103)(H,88,104)(H,89,105)(H,90,107)(H,91,108)(H,92,109)(H,93,101)(H,94,102)(H,97,106)(H2,95,98,110)(H2,96,99,111). The van der Waals surface area contributed by atoms with Crippen molar-refractivity contribution < 1.29 is 100 Å². The molecule has 123 heavy (non-hydrogen) atoms. The molecule has 6 aliphatic rings. The number of nitrogens with one attached hydrogen (secondary N) is 13. The van der Waals surface area contributed by atoms with Crippen LogP contribution in [0.3, 0.4) is 0 Å².